The molecule has 0 spiro atoms. The Morgan fingerprint density at radius 2 is 1.86 bits per heavy atom. The summed E-state index contributed by atoms with van der Waals surface area (Å²) in [5.74, 6) is 2.37. The molecule has 1 saturated heterocycles. The smallest absolute Gasteiger partial charge is 0.0211 e. The molecule has 1 aliphatic carbocycles. The minimum Gasteiger partial charge on any atom is -0.316 e. The maximum Gasteiger partial charge on any atom is 0.0211 e. The number of nitrogens with one attached hydrogen (secondary N) is 1. The lowest BCUT2D eigenvalue weighted by Gasteiger charge is -2.33. The van der Waals surface area contributed by atoms with E-state index in [1.54, 1.807) is 0 Å². The molecule has 1 aliphatic heterocycles. The van der Waals surface area contributed by atoms with Crippen molar-refractivity contribution in [1.82, 2.24) is 5.32 Å². The van der Waals surface area contributed by atoms with Crippen LogP contribution >= 0.6 is 11.8 Å². The minimum atomic E-state index is 0.808. The van der Waals surface area contributed by atoms with Gasteiger partial charge in [0.05, 0.1) is 0 Å². The van der Waals surface area contributed by atoms with Gasteiger partial charge in [-0.2, -0.15) is 11.8 Å². The van der Waals surface area contributed by atoms with E-state index in [0.29, 0.717) is 0 Å². The van der Waals surface area contributed by atoms with Gasteiger partial charge in [0.15, 0.2) is 0 Å². The highest BCUT2D eigenvalue weighted by atomic mass is 32.2. The van der Waals surface area contributed by atoms with E-state index in [9.17, 15) is 0 Å². The van der Waals surface area contributed by atoms with Crippen LogP contribution in [0.4, 0.5) is 0 Å². The maximum atomic E-state index is 3.59. The summed E-state index contributed by atoms with van der Waals surface area (Å²) in [7, 11) is 2.16. The van der Waals surface area contributed by atoms with Crippen molar-refractivity contribution in [3.63, 3.8) is 0 Å². The molecular formula is C12H23NS. The average molecular weight is 213 g/mol. The van der Waals surface area contributed by atoms with Crippen molar-refractivity contribution >= 4 is 11.8 Å². The Morgan fingerprint density at radius 1 is 1.07 bits per heavy atom. The number of hydrogen-bond acceptors (Lipinski definition) is 2. The zero-order valence-electron chi connectivity index (χ0n) is 9.30. The fourth-order valence-electron chi connectivity index (χ4n) is 3.10. The highest BCUT2D eigenvalue weighted by molar-refractivity contribution is 8.00. The Balaban J connectivity index is 1.89. The van der Waals surface area contributed by atoms with Gasteiger partial charge in [-0.25, -0.2) is 0 Å². The van der Waals surface area contributed by atoms with Crippen LogP contribution in [0.3, 0.4) is 0 Å². The summed E-state index contributed by atoms with van der Waals surface area (Å²) in [5.41, 5.74) is 0. The highest BCUT2D eigenvalue weighted by Gasteiger charge is 2.31. The predicted molar refractivity (Wildman–Crippen MR) is 64.9 cm³/mol. The van der Waals surface area contributed by atoms with Gasteiger partial charge in [0.1, 0.15) is 0 Å². The first-order valence-electron chi connectivity index (χ1n) is 6.20. The summed E-state index contributed by atoms with van der Waals surface area (Å²) in [6, 6.07) is 0.808. The molecule has 0 amide bonds. The second-order valence-electron chi connectivity index (χ2n) is 4.76. The second-order valence-corrected chi connectivity index (χ2v) is 6.11. The van der Waals surface area contributed by atoms with E-state index in [4.69, 9.17) is 0 Å². The van der Waals surface area contributed by atoms with Crippen LogP contribution in [0.25, 0.3) is 0 Å². The van der Waals surface area contributed by atoms with Crippen LogP contribution in [0.15, 0.2) is 0 Å². The molecule has 2 atom stereocenters. The largest absolute Gasteiger partial charge is 0.316 e. The molecule has 0 bridgehead atoms. The third-order valence-electron chi connectivity index (χ3n) is 3.86. The van der Waals surface area contributed by atoms with Crippen molar-refractivity contribution in [3.8, 4) is 0 Å². The van der Waals surface area contributed by atoms with Crippen LogP contribution in [0.2, 0.25) is 0 Å². The molecule has 0 aromatic rings. The van der Waals surface area contributed by atoms with E-state index in [-0.39, 0.29) is 0 Å². The predicted octanol–water partition coefficient (Wildman–Crippen LogP) is 3.05. The monoisotopic (exact) mass is 213 g/mol. The number of thioether (sulfide) groups is 1. The molecule has 82 valence electrons. The van der Waals surface area contributed by atoms with Gasteiger partial charge in [-0.05, 0) is 44.4 Å². The summed E-state index contributed by atoms with van der Waals surface area (Å²) < 4.78 is 0. The topological polar surface area (TPSA) is 12.0 Å². The van der Waals surface area contributed by atoms with Crippen LogP contribution < -0.4 is 5.32 Å². The van der Waals surface area contributed by atoms with E-state index in [2.05, 4.69) is 24.1 Å². The fourth-order valence-corrected chi connectivity index (χ4v) is 4.64. The zero-order chi connectivity index (χ0) is 9.80. The van der Waals surface area contributed by atoms with Crippen molar-refractivity contribution in [2.45, 2.75) is 56.2 Å². The number of hydrogen-bond donors (Lipinski definition) is 1. The quantitative estimate of drug-likeness (QED) is 0.773. The first-order chi connectivity index (χ1) is 6.92. The lowest BCUT2D eigenvalue weighted by molar-refractivity contribution is 0.271. The van der Waals surface area contributed by atoms with Crippen LogP contribution in [0.5, 0.6) is 0 Å². The van der Waals surface area contributed by atoms with Gasteiger partial charge >= 0.3 is 0 Å². The minimum absolute atomic E-state index is 0.808. The van der Waals surface area contributed by atoms with Crippen molar-refractivity contribution in [1.29, 1.82) is 0 Å². The maximum absolute atomic E-state index is 3.59. The normalized spacial score (nSPS) is 31.9. The van der Waals surface area contributed by atoms with E-state index in [1.165, 1.54) is 50.7 Å². The van der Waals surface area contributed by atoms with Gasteiger partial charge in [0.2, 0.25) is 0 Å². The first kappa shape index (κ1) is 10.8. The van der Waals surface area contributed by atoms with Gasteiger partial charge < -0.3 is 5.32 Å². The van der Waals surface area contributed by atoms with E-state index >= 15 is 0 Å². The Kier molecular flexibility index (Phi) is 4.18. The molecule has 2 fully saturated rings. The lowest BCUT2D eigenvalue weighted by Crippen LogP contribution is -2.42. The van der Waals surface area contributed by atoms with Crippen molar-refractivity contribution in [3.05, 3.63) is 0 Å². The summed E-state index contributed by atoms with van der Waals surface area (Å²) in [5, 5.41) is 4.51. The molecule has 1 saturated carbocycles. The molecule has 0 aromatic carbocycles. The molecule has 1 N–H and O–H groups in total. The second kappa shape index (κ2) is 5.41. The summed E-state index contributed by atoms with van der Waals surface area (Å²) >= 11 is 2.21. The summed E-state index contributed by atoms with van der Waals surface area (Å²) in [6.45, 7) is 0. The van der Waals surface area contributed by atoms with Gasteiger partial charge in [-0.1, -0.05) is 19.3 Å². The molecule has 2 heteroatoms. The number of rotatable bonds is 3. The molecule has 14 heavy (non-hydrogen) atoms. The molecule has 0 aromatic heterocycles. The highest BCUT2D eigenvalue weighted by Crippen LogP contribution is 2.36. The molecule has 1 heterocycles. The van der Waals surface area contributed by atoms with Gasteiger partial charge in [-0.3, -0.25) is 0 Å². The van der Waals surface area contributed by atoms with Crippen molar-refractivity contribution < 1.29 is 0 Å². The Morgan fingerprint density at radius 3 is 2.43 bits per heavy atom. The van der Waals surface area contributed by atoms with E-state index < -0.39 is 0 Å². The van der Waals surface area contributed by atoms with Gasteiger partial charge in [0, 0.05) is 11.3 Å². The van der Waals surface area contributed by atoms with Crippen LogP contribution in [0.1, 0.15) is 44.9 Å². The zero-order valence-corrected chi connectivity index (χ0v) is 10.1. The van der Waals surface area contributed by atoms with Crippen LogP contribution in [0, 0.1) is 5.92 Å². The van der Waals surface area contributed by atoms with Gasteiger partial charge in [-0.15, -0.1) is 0 Å². The Labute approximate surface area is 92.4 Å². The Bertz CT molecular complexity index is 160. The molecular weight excluding hydrogens is 190 g/mol. The van der Waals surface area contributed by atoms with E-state index in [1.807, 2.05) is 0 Å². The molecule has 2 unspecified atom stereocenters. The molecule has 1 nitrogen and oxygen atoms in total. The van der Waals surface area contributed by atoms with Crippen molar-refractivity contribution in [2.75, 3.05) is 12.8 Å². The third kappa shape index (κ3) is 2.46. The van der Waals surface area contributed by atoms with Gasteiger partial charge in [0.25, 0.3) is 0 Å². The van der Waals surface area contributed by atoms with Crippen molar-refractivity contribution in [2.24, 2.45) is 5.92 Å². The first-order valence-corrected chi connectivity index (χ1v) is 7.25. The molecule has 2 aliphatic rings. The van der Waals surface area contributed by atoms with Crippen LogP contribution in [-0.4, -0.2) is 24.1 Å². The summed E-state index contributed by atoms with van der Waals surface area (Å²) in [6.07, 6.45) is 10.3. The molecule has 2 rings (SSSR count). The molecule has 0 radical (unpaired) electrons. The standard InChI is InChI=1S/C12H23NS/c1-13-12(11-8-5-9-14-11)10-6-3-2-4-7-10/h10-13H,2-9H2,1H3. The SMILES string of the molecule is CNC(C1CCCCC1)C1CCCS1. The average Bonchev–Trinajstić information content (AvgIpc) is 2.74. The fraction of sp³-hybridized carbons (Fsp3) is 1.00. The van der Waals surface area contributed by atoms with E-state index in [0.717, 1.165) is 17.2 Å². The lowest BCUT2D eigenvalue weighted by atomic mass is 9.82. The summed E-state index contributed by atoms with van der Waals surface area (Å²) in [4.78, 5) is 0. The third-order valence-corrected chi connectivity index (χ3v) is 5.34. The van der Waals surface area contributed by atoms with Crippen LogP contribution in [-0.2, 0) is 0 Å². The Hall–Kier alpha value is 0.310.